The van der Waals surface area contributed by atoms with Gasteiger partial charge in [-0.1, -0.05) is 24.3 Å². The van der Waals surface area contributed by atoms with Crippen molar-refractivity contribution in [1.82, 2.24) is 0 Å². The molecule has 1 fully saturated rings. The Morgan fingerprint density at radius 2 is 1.77 bits per heavy atom. The minimum Gasteiger partial charge on any atom is -0.388 e. The van der Waals surface area contributed by atoms with E-state index >= 15 is 0 Å². The molecule has 3 rings (SSSR count). The largest absolute Gasteiger partial charge is 0.388 e. The molecule has 0 aromatic heterocycles. The van der Waals surface area contributed by atoms with Gasteiger partial charge in [-0.05, 0) is 36.5 Å². The summed E-state index contributed by atoms with van der Waals surface area (Å²) >= 11 is 0. The van der Waals surface area contributed by atoms with Gasteiger partial charge in [-0.2, -0.15) is 0 Å². The van der Waals surface area contributed by atoms with Crippen LogP contribution in [0.3, 0.4) is 0 Å². The maximum atomic E-state index is 4.25. The van der Waals surface area contributed by atoms with Gasteiger partial charge in [0.1, 0.15) is 0 Å². The number of hydrogen-bond donors (Lipinski definition) is 0. The lowest BCUT2D eigenvalue weighted by Gasteiger charge is -2.18. The summed E-state index contributed by atoms with van der Waals surface area (Å²) in [5, 5.41) is 0. The topological polar surface area (TPSA) is 9.23 Å². The summed E-state index contributed by atoms with van der Waals surface area (Å²) in [4.78, 5) is 0. The second kappa shape index (κ2) is 3.67. The van der Waals surface area contributed by atoms with Crippen molar-refractivity contribution in [3.05, 3.63) is 24.3 Å². The van der Waals surface area contributed by atoms with E-state index in [0.29, 0.717) is 0 Å². The predicted molar refractivity (Wildman–Crippen MR) is 54.4 cm³/mol. The fraction of sp³-hybridized carbons (Fsp3) is 0.667. The summed E-state index contributed by atoms with van der Waals surface area (Å²) in [6, 6.07) is 0. The van der Waals surface area contributed by atoms with Crippen LogP contribution in [-0.4, -0.2) is 14.2 Å². The number of methoxy groups -OCH3 is 1. The van der Waals surface area contributed by atoms with Crippen molar-refractivity contribution >= 4 is 0 Å². The first-order valence-electron chi connectivity index (χ1n) is 5.12. The Morgan fingerprint density at radius 3 is 2.46 bits per heavy atom. The number of allylic oxidation sites excluding steroid dienone is 4. The zero-order valence-corrected chi connectivity index (χ0v) is 8.44. The average molecular weight is 178 g/mol. The Bertz CT molecular complexity index is 229. The lowest BCUT2D eigenvalue weighted by Crippen LogP contribution is -2.12. The van der Waals surface area contributed by atoms with Crippen LogP contribution in [0, 0.1) is 23.7 Å². The van der Waals surface area contributed by atoms with Gasteiger partial charge in [0, 0.05) is 14.2 Å². The Hall–Kier alpha value is -0.560. The molecule has 0 aromatic carbocycles. The summed E-state index contributed by atoms with van der Waals surface area (Å²) in [5.41, 5.74) is 0. The molecule has 0 heterocycles. The second-order valence-corrected chi connectivity index (χ2v) is 4.26. The summed E-state index contributed by atoms with van der Waals surface area (Å²) < 4.78 is 4.25. The van der Waals surface area contributed by atoms with Crippen molar-refractivity contribution in [3.8, 4) is 0 Å². The van der Waals surface area contributed by atoms with E-state index in [0.717, 1.165) is 23.7 Å². The van der Waals surface area contributed by atoms with Gasteiger partial charge in [0.05, 0.1) is 0 Å². The van der Waals surface area contributed by atoms with E-state index in [4.69, 9.17) is 0 Å². The van der Waals surface area contributed by atoms with Crippen molar-refractivity contribution < 1.29 is 4.74 Å². The molecular formula is C12H18O. The Morgan fingerprint density at radius 1 is 1.08 bits per heavy atom. The van der Waals surface area contributed by atoms with Crippen LogP contribution in [0.4, 0.5) is 0 Å². The average Bonchev–Trinajstić information content (AvgIpc) is 2.79. The summed E-state index contributed by atoms with van der Waals surface area (Å²) in [5.74, 6) is 3.82. The first-order valence-corrected chi connectivity index (χ1v) is 5.12. The molecule has 0 N–H and O–H groups in total. The molecule has 4 atom stereocenters. The molecule has 4 unspecified atom stereocenters. The molecule has 72 valence electrons. The van der Waals surface area contributed by atoms with Gasteiger partial charge in [-0.15, -0.1) is 0 Å². The van der Waals surface area contributed by atoms with Crippen LogP contribution < -0.4 is 0 Å². The lowest BCUT2D eigenvalue weighted by atomic mass is 9.86. The third kappa shape index (κ3) is 1.46. The predicted octanol–water partition coefficient (Wildman–Crippen LogP) is 2.65. The van der Waals surface area contributed by atoms with Crippen molar-refractivity contribution in [2.24, 2.45) is 23.7 Å². The van der Waals surface area contributed by atoms with Gasteiger partial charge in [0.15, 0.2) is 0 Å². The van der Waals surface area contributed by atoms with Crippen LogP contribution >= 0.6 is 0 Å². The second-order valence-electron chi connectivity index (χ2n) is 4.26. The fourth-order valence-corrected chi connectivity index (χ4v) is 2.97. The molecule has 1 saturated carbocycles. The SMILES string of the molecule is C1=CC2C3C=CC(C3)C2C1.COC. The van der Waals surface area contributed by atoms with Crippen LogP contribution in [0.5, 0.6) is 0 Å². The van der Waals surface area contributed by atoms with E-state index < -0.39 is 0 Å². The maximum Gasteiger partial charge on any atom is 0.0351 e. The van der Waals surface area contributed by atoms with Crippen LogP contribution in [-0.2, 0) is 4.74 Å². The van der Waals surface area contributed by atoms with Crippen molar-refractivity contribution in [2.45, 2.75) is 12.8 Å². The quantitative estimate of drug-likeness (QED) is 0.518. The molecule has 3 aliphatic rings. The molecule has 0 spiro atoms. The number of rotatable bonds is 0. The molecule has 0 saturated heterocycles. The number of fused-ring (bicyclic) bond motifs is 5. The molecule has 13 heavy (non-hydrogen) atoms. The van der Waals surface area contributed by atoms with Crippen molar-refractivity contribution in [1.29, 1.82) is 0 Å². The van der Waals surface area contributed by atoms with E-state index in [2.05, 4.69) is 29.0 Å². The molecule has 3 aliphatic carbocycles. The Kier molecular flexibility index (Phi) is 2.54. The fourth-order valence-electron chi connectivity index (χ4n) is 2.97. The third-order valence-corrected chi connectivity index (χ3v) is 3.46. The molecule has 0 aromatic rings. The van der Waals surface area contributed by atoms with Crippen LogP contribution in [0.2, 0.25) is 0 Å². The van der Waals surface area contributed by atoms with Crippen LogP contribution in [0.15, 0.2) is 24.3 Å². The minimum atomic E-state index is 0.925. The van der Waals surface area contributed by atoms with Gasteiger partial charge < -0.3 is 4.74 Å². The monoisotopic (exact) mass is 178 g/mol. The van der Waals surface area contributed by atoms with Crippen molar-refractivity contribution in [3.63, 3.8) is 0 Å². The van der Waals surface area contributed by atoms with E-state index in [1.165, 1.54) is 12.8 Å². The van der Waals surface area contributed by atoms with E-state index in [1.807, 2.05) is 0 Å². The standard InChI is InChI=1S/C10H12.C2H6O/c1-2-9-7-4-5-8(6-7)10(9)3-1;1-3-2/h1-2,4-5,7-10H,3,6H2;1-2H3. The smallest absolute Gasteiger partial charge is 0.0351 e. The molecule has 0 radical (unpaired) electrons. The van der Waals surface area contributed by atoms with Gasteiger partial charge in [0.2, 0.25) is 0 Å². The molecule has 1 heteroatoms. The highest BCUT2D eigenvalue weighted by Gasteiger charge is 2.44. The van der Waals surface area contributed by atoms with Crippen LogP contribution in [0.25, 0.3) is 0 Å². The summed E-state index contributed by atoms with van der Waals surface area (Å²) in [6.45, 7) is 0. The van der Waals surface area contributed by atoms with E-state index in [1.54, 1.807) is 14.2 Å². The van der Waals surface area contributed by atoms with Gasteiger partial charge in [0.25, 0.3) is 0 Å². The number of ether oxygens (including phenoxy) is 1. The highest BCUT2D eigenvalue weighted by molar-refractivity contribution is 5.21. The summed E-state index contributed by atoms with van der Waals surface area (Å²) in [7, 11) is 3.25. The van der Waals surface area contributed by atoms with Crippen LogP contribution in [0.1, 0.15) is 12.8 Å². The van der Waals surface area contributed by atoms with Gasteiger partial charge in [-0.3, -0.25) is 0 Å². The first kappa shape index (κ1) is 9.01. The number of hydrogen-bond acceptors (Lipinski definition) is 1. The van der Waals surface area contributed by atoms with Crippen molar-refractivity contribution in [2.75, 3.05) is 14.2 Å². The minimum absolute atomic E-state index is 0.925. The summed E-state index contributed by atoms with van der Waals surface area (Å²) in [6.07, 6.45) is 12.5. The van der Waals surface area contributed by atoms with Gasteiger partial charge in [-0.25, -0.2) is 0 Å². The molecule has 0 aliphatic heterocycles. The molecule has 1 nitrogen and oxygen atoms in total. The zero-order chi connectivity index (χ0) is 9.26. The maximum absolute atomic E-state index is 4.25. The molecule has 0 amide bonds. The van der Waals surface area contributed by atoms with E-state index in [-0.39, 0.29) is 0 Å². The third-order valence-electron chi connectivity index (χ3n) is 3.46. The zero-order valence-electron chi connectivity index (χ0n) is 8.44. The molecular weight excluding hydrogens is 160 g/mol. The Balaban J connectivity index is 0.000000196. The highest BCUT2D eigenvalue weighted by Crippen LogP contribution is 2.52. The Labute approximate surface area is 80.5 Å². The normalized spacial score (nSPS) is 43.2. The first-order chi connectivity index (χ1) is 6.36. The molecule has 2 bridgehead atoms. The lowest BCUT2D eigenvalue weighted by molar-refractivity contribution is 0.277. The van der Waals surface area contributed by atoms with Gasteiger partial charge >= 0.3 is 0 Å². The highest BCUT2D eigenvalue weighted by atomic mass is 16.4. The van der Waals surface area contributed by atoms with E-state index in [9.17, 15) is 0 Å².